The van der Waals surface area contributed by atoms with Crippen LogP contribution in [0.4, 0.5) is 4.79 Å². The second kappa shape index (κ2) is 9.49. The summed E-state index contributed by atoms with van der Waals surface area (Å²) >= 11 is 0. The molecular formula is C24H32N4O2. The number of amides is 2. The number of carbonyl (C=O) groups excluding carboxylic acids is 1. The summed E-state index contributed by atoms with van der Waals surface area (Å²) in [4.78, 5) is 14.5. The third-order valence-corrected chi connectivity index (χ3v) is 6.39. The van der Waals surface area contributed by atoms with Crippen LogP contribution in [0.5, 0.6) is 5.75 Å². The van der Waals surface area contributed by atoms with Crippen LogP contribution in [0.2, 0.25) is 0 Å². The second-order valence-electron chi connectivity index (χ2n) is 8.43. The molecule has 0 aliphatic carbocycles. The number of urea groups is 1. The predicted octanol–water partition coefficient (Wildman–Crippen LogP) is 3.53. The van der Waals surface area contributed by atoms with E-state index in [-0.39, 0.29) is 6.03 Å². The van der Waals surface area contributed by atoms with Crippen molar-refractivity contribution in [3.05, 3.63) is 65.2 Å². The Hall–Kier alpha value is -2.57. The number of carbonyl (C=O) groups is 1. The van der Waals surface area contributed by atoms with Gasteiger partial charge in [0.15, 0.2) is 0 Å². The van der Waals surface area contributed by atoms with E-state index in [1.54, 1.807) is 7.11 Å². The fraction of sp³-hybridized carbons (Fsp3) is 0.458. The molecule has 6 nitrogen and oxygen atoms in total. The molecule has 2 amide bonds. The normalized spacial score (nSPS) is 22.1. The van der Waals surface area contributed by atoms with Crippen LogP contribution in [0.1, 0.15) is 42.0 Å². The molecule has 30 heavy (non-hydrogen) atoms. The molecule has 4 rings (SSSR count). The topological polar surface area (TPSA) is 65.6 Å². The van der Waals surface area contributed by atoms with E-state index < -0.39 is 0 Å². The average molecular weight is 409 g/mol. The minimum atomic E-state index is 0.0424. The van der Waals surface area contributed by atoms with E-state index >= 15 is 0 Å². The first-order valence-corrected chi connectivity index (χ1v) is 10.9. The van der Waals surface area contributed by atoms with Crippen LogP contribution in [-0.2, 0) is 6.54 Å². The number of benzene rings is 2. The zero-order valence-corrected chi connectivity index (χ0v) is 17.9. The van der Waals surface area contributed by atoms with E-state index in [1.165, 1.54) is 11.1 Å². The molecule has 2 aromatic rings. The van der Waals surface area contributed by atoms with E-state index in [0.29, 0.717) is 24.5 Å². The highest BCUT2D eigenvalue weighted by Crippen LogP contribution is 2.31. The molecule has 0 radical (unpaired) electrons. The largest absolute Gasteiger partial charge is 0.497 e. The molecule has 0 aromatic heterocycles. The molecule has 2 heterocycles. The number of piperidine rings is 1. The van der Waals surface area contributed by atoms with E-state index in [1.807, 2.05) is 17.0 Å². The van der Waals surface area contributed by atoms with Gasteiger partial charge in [0.25, 0.3) is 0 Å². The minimum Gasteiger partial charge on any atom is -0.497 e. The number of methoxy groups -OCH3 is 1. The smallest absolute Gasteiger partial charge is 0.317 e. The third-order valence-electron chi connectivity index (χ3n) is 6.39. The standard InChI is InChI=1S/C24H32N4O2/c1-17-6-8-18(9-7-17)16-25-24(29)28-12-10-19(11-13-28)22-15-23(27-26-22)20-4-3-5-21(14-20)30-2/h3-9,14,19,22-23,26-27H,10-13,15-16H2,1-2H3,(H,25,29). The van der Waals surface area contributed by atoms with Crippen molar-refractivity contribution >= 4 is 6.03 Å². The molecule has 160 valence electrons. The van der Waals surface area contributed by atoms with Crippen molar-refractivity contribution in [2.75, 3.05) is 20.2 Å². The second-order valence-corrected chi connectivity index (χ2v) is 8.43. The van der Waals surface area contributed by atoms with Gasteiger partial charge in [0.2, 0.25) is 0 Å². The molecule has 6 heteroatoms. The molecule has 3 N–H and O–H groups in total. The summed E-state index contributed by atoms with van der Waals surface area (Å²) < 4.78 is 5.35. The molecule has 2 unspecified atom stereocenters. The van der Waals surface area contributed by atoms with Crippen molar-refractivity contribution in [3.8, 4) is 5.75 Å². The molecule has 2 aliphatic rings. The fourth-order valence-electron chi connectivity index (χ4n) is 4.47. The number of hydrogen-bond acceptors (Lipinski definition) is 4. The van der Waals surface area contributed by atoms with Crippen LogP contribution in [-0.4, -0.2) is 37.2 Å². The van der Waals surface area contributed by atoms with Crippen molar-refractivity contribution in [1.82, 2.24) is 21.1 Å². The Morgan fingerprint density at radius 3 is 2.63 bits per heavy atom. The number of nitrogens with one attached hydrogen (secondary N) is 3. The van der Waals surface area contributed by atoms with Gasteiger partial charge in [-0.3, -0.25) is 10.9 Å². The molecule has 2 aromatic carbocycles. The first-order chi connectivity index (χ1) is 14.6. The van der Waals surface area contributed by atoms with Gasteiger partial charge in [0.05, 0.1) is 7.11 Å². The van der Waals surface area contributed by atoms with Crippen LogP contribution in [0.25, 0.3) is 0 Å². The molecule has 2 fully saturated rings. The van der Waals surface area contributed by atoms with Gasteiger partial charge in [-0.25, -0.2) is 4.79 Å². The van der Waals surface area contributed by atoms with E-state index in [4.69, 9.17) is 4.74 Å². The van der Waals surface area contributed by atoms with Gasteiger partial charge in [-0.15, -0.1) is 0 Å². The Morgan fingerprint density at radius 2 is 1.90 bits per heavy atom. The van der Waals surface area contributed by atoms with Crippen molar-refractivity contribution in [3.63, 3.8) is 0 Å². The minimum absolute atomic E-state index is 0.0424. The lowest BCUT2D eigenvalue weighted by atomic mass is 9.86. The van der Waals surface area contributed by atoms with Gasteiger partial charge in [-0.05, 0) is 55.4 Å². The fourth-order valence-corrected chi connectivity index (χ4v) is 4.47. The van der Waals surface area contributed by atoms with Crippen molar-refractivity contribution in [1.29, 1.82) is 0 Å². The zero-order valence-electron chi connectivity index (χ0n) is 17.9. The van der Waals surface area contributed by atoms with Crippen LogP contribution < -0.4 is 20.9 Å². The van der Waals surface area contributed by atoms with Crippen molar-refractivity contribution in [2.45, 2.75) is 44.8 Å². The number of nitrogens with zero attached hydrogens (tertiary/aromatic N) is 1. The zero-order chi connectivity index (χ0) is 20.9. The summed E-state index contributed by atoms with van der Waals surface area (Å²) in [7, 11) is 1.70. The van der Waals surface area contributed by atoms with Gasteiger partial charge in [-0.2, -0.15) is 0 Å². The van der Waals surface area contributed by atoms with Gasteiger partial charge in [0.1, 0.15) is 5.75 Å². The highest BCUT2D eigenvalue weighted by atomic mass is 16.5. The van der Waals surface area contributed by atoms with E-state index in [0.717, 1.165) is 43.7 Å². The van der Waals surface area contributed by atoms with E-state index in [9.17, 15) is 4.79 Å². The molecule has 2 atom stereocenters. The first-order valence-electron chi connectivity index (χ1n) is 10.9. The van der Waals surface area contributed by atoms with Crippen molar-refractivity contribution in [2.24, 2.45) is 5.92 Å². The number of likely N-dealkylation sites (tertiary alicyclic amines) is 1. The number of aryl methyl sites for hydroxylation is 1. The maximum Gasteiger partial charge on any atom is 0.317 e. The maximum absolute atomic E-state index is 12.5. The highest BCUT2D eigenvalue weighted by Gasteiger charge is 2.34. The number of ether oxygens (including phenoxy) is 1. The summed E-state index contributed by atoms with van der Waals surface area (Å²) in [6, 6.07) is 17.3. The van der Waals surface area contributed by atoms with Gasteiger partial charge in [-0.1, -0.05) is 42.0 Å². The highest BCUT2D eigenvalue weighted by molar-refractivity contribution is 5.74. The molecule has 0 saturated carbocycles. The Labute approximate surface area is 179 Å². The van der Waals surface area contributed by atoms with Crippen LogP contribution >= 0.6 is 0 Å². The summed E-state index contributed by atoms with van der Waals surface area (Å²) in [6.45, 7) is 4.27. The monoisotopic (exact) mass is 408 g/mol. The predicted molar refractivity (Wildman–Crippen MR) is 118 cm³/mol. The average Bonchev–Trinajstić information content (AvgIpc) is 3.29. The number of hydrazine groups is 1. The Bertz CT molecular complexity index is 847. The lowest BCUT2D eigenvalue weighted by molar-refractivity contribution is 0.158. The quantitative estimate of drug-likeness (QED) is 0.708. The van der Waals surface area contributed by atoms with Crippen LogP contribution in [0.15, 0.2) is 48.5 Å². The summed E-state index contributed by atoms with van der Waals surface area (Å²) in [5, 5.41) is 3.06. The number of rotatable bonds is 5. The Morgan fingerprint density at radius 1 is 1.13 bits per heavy atom. The first kappa shape index (κ1) is 20.7. The molecule has 2 aliphatic heterocycles. The molecule has 0 spiro atoms. The van der Waals surface area contributed by atoms with Gasteiger partial charge in [0, 0.05) is 31.7 Å². The van der Waals surface area contributed by atoms with Crippen LogP contribution in [0.3, 0.4) is 0 Å². The van der Waals surface area contributed by atoms with Gasteiger partial charge >= 0.3 is 6.03 Å². The van der Waals surface area contributed by atoms with Crippen LogP contribution in [0, 0.1) is 12.8 Å². The third kappa shape index (κ3) is 4.94. The Balaban J connectivity index is 1.23. The maximum atomic E-state index is 12.5. The van der Waals surface area contributed by atoms with E-state index in [2.05, 4.69) is 59.5 Å². The molecule has 0 bridgehead atoms. The van der Waals surface area contributed by atoms with Gasteiger partial charge < -0.3 is 15.0 Å². The Kier molecular flexibility index (Phi) is 6.55. The molecule has 2 saturated heterocycles. The summed E-state index contributed by atoms with van der Waals surface area (Å²) in [6.07, 6.45) is 3.11. The number of hydrogen-bond donors (Lipinski definition) is 3. The lowest BCUT2D eigenvalue weighted by Crippen LogP contribution is -2.47. The van der Waals surface area contributed by atoms with Crippen molar-refractivity contribution < 1.29 is 9.53 Å². The SMILES string of the molecule is COc1cccc(C2CC(C3CCN(C(=O)NCc4ccc(C)cc4)CC3)NN2)c1. The summed E-state index contributed by atoms with van der Waals surface area (Å²) in [5.74, 6) is 1.47. The lowest BCUT2D eigenvalue weighted by Gasteiger charge is -2.34. The summed E-state index contributed by atoms with van der Waals surface area (Å²) in [5.41, 5.74) is 10.6. The molecular weight excluding hydrogens is 376 g/mol.